The number of non-ortho nitro benzene ring substituents is 1. The summed E-state index contributed by atoms with van der Waals surface area (Å²) in [6.45, 7) is 0. The zero-order chi connectivity index (χ0) is 10.7. The molecule has 0 aliphatic carbocycles. The first-order chi connectivity index (χ1) is 6.56. The summed E-state index contributed by atoms with van der Waals surface area (Å²) in [7, 11) is 1.25. The number of methoxy groups -OCH3 is 1. The fraction of sp³-hybridized carbons (Fsp3) is 0.143. The zero-order valence-electron chi connectivity index (χ0n) is 8.13. The topological polar surface area (TPSA) is 92.5 Å². The standard InChI is InChI=1S/C7H7NO5S.Na/c1-13-6-4-5(8(9)10)2-3-7(6)14(11)12;/h2-4H,1H3,(H,11,12);/q;+1/p-1. The van der Waals surface area contributed by atoms with Gasteiger partial charge in [-0.05, 0) is 17.1 Å². The predicted octanol–water partition coefficient (Wildman–Crippen LogP) is -2.15. The first kappa shape index (κ1) is 14.5. The van der Waals surface area contributed by atoms with Crippen LogP contribution in [0, 0.1) is 10.1 Å². The van der Waals surface area contributed by atoms with Crippen LogP contribution in [0.1, 0.15) is 0 Å². The van der Waals surface area contributed by atoms with Gasteiger partial charge in [-0.15, -0.1) is 0 Å². The van der Waals surface area contributed by atoms with Crippen molar-refractivity contribution in [2.75, 3.05) is 7.11 Å². The smallest absolute Gasteiger partial charge is 0.768 e. The second-order valence-electron chi connectivity index (χ2n) is 2.33. The molecule has 8 heteroatoms. The Hall–Kier alpha value is -0.470. The third kappa shape index (κ3) is 3.54. The zero-order valence-corrected chi connectivity index (χ0v) is 10.9. The average Bonchev–Trinajstić information content (AvgIpc) is 2.16. The van der Waals surface area contributed by atoms with E-state index in [1.165, 1.54) is 7.11 Å². The number of hydrogen-bond acceptors (Lipinski definition) is 5. The summed E-state index contributed by atoms with van der Waals surface area (Å²) in [6.07, 6.45) is 0. The van der Waals surface area contributed by atoms with Crippen molar-refractivity contribution in [3.63, 3.8) is 0 Å². The van der Waals surface area contributed by atoms with Crippen LogP contribution in [0.4, 0.5) is 5.69 Å². The summed E-state index contributed by atoms with van der Waals surface area (Å²) < 4.78 is 25.9. The molecule has 1 unspecified atom stereocenters. The first-order valence-electron chi connectivity index (χ1n) is 3.48. The summed E-state index contributed by atoms with van der Waals surface area (Å²) >= 11 is -2.46. The Morgan fingerprint density at radius 3 is 2.47 bits per heavy atom. The minimum absolute atomic E-state index is 0. The van der Waals surface area contributed by atoms with E-state index in [0.717, 1.165) is 18.2 Å². The molecule has 0 heterocycles. The average molecular weight is 239 g/mol. The van der Waals surface area contributed by atoms with Crippen LogP contribution in [0.15, 0.2) is 23.1 Å². The van der Waals surface area contributed by atoms with Gasteiger partial charge in [0, 0.05) is 6.07 Å². The van der Waals surface area contributed by atoms with Gasteiger partial charge in [-0.2, -0.15) is 0 Å². The molecule has 0 amide bonds. The van der Waals surface area contributed by atoms with Gasteiger partial charge in [0.05, 0.1) is 23.0 Å². The number of nitro benzene ring substituents is 1. The van der Waals surface area contributed by atoms with Crippen LogP contribution in [0.3, 0.4) is 0 Å². The van der Waals surface area contributed by atoms with Crippen molar-refractivity contribution in [1.29, 1.82) is 0 Å². The van der Waals surface area contributed by atoms with Crippen molar-refractivity contribution < 1.29 is 48.0 Å². The molecule has 76 valence electrons. The van der Waals surface area contributed by atoms with Gasteiger partial charge in [0.1, 0.15) is 5.75 Å². The maximum Gasteiger partial charge on any atom is 1.00 e. The minimum atomic E-state index is -2.46. The molecule has 15 heavy (non-hydrogen) atoms. The number of ether oxygens (including phenoxy) is 1. The normalized spacial score (nSPS) is 11.3. The van der Waals surface area contributed by atoms with Gasteiger partial charge < -0.3 is 9.29 Å². The van der Waals surface area contributed by atoms with Gasteiger partial charge >= 0.3 is 29.6 Å². The van der Waals surface area contributed by atoms with Gasteiger partial charge in [-0.25, -0.2) is 0 Å². The third-order valence-corrected chi connectivity index (χ3v) is 2.23. The van der Waals surface area contributed by atoms with Crippen molar-refractivity contribution in [3.05, 3.63) is 28.3 Å². The number of nitro groups is 1. The van der Waals surface area contributed by atoms with Crippen LogP contribution < -0.4 is 34.3 Å². The summed E-state index contributed by atoms with van der Waals surface area (Å²) in [5, 5.41) is 10.3. The maximum atomic E-state index is 10.6. The summed E-state index contributed by atoms with van der Waals surface area (Å²) in [6, 6.07) is 3.29. The van der Waals surface area contributed by atoms with Crippen LogP contribution in [0.5, 0.6) is 5.75 Å². The van der Waals surface area contributed by atoms with Gasteiger partial charge in [0.15, 0.2) is 0 Å². The van der Waals surface area contributed by atoms with Crippen molar-refractivity contribution in [1.82, 2.24) is 0 Å². The van der Waals surface area contributed by atoms with Crippen molar-refractivity contribution in [2.45, 2.75) is 4.90 Å². The Morgan fingerprint density at radius 2 is 2.07 bits per heavy atom. The molecule has 0 aromatic heterocycles. The van der Waals surface area contributed by atoms with Crippen LogP contribution in [0.2, 0.25) is 0 Å². The Labute approximate surface area is 110 Å². The number of hydrogen-bond donors (Lipinski definition) is 0. The molecule has 0 bridgehead atoms. The molecule has 0 aliphatic heterocycles. The molecule has 0 saturated carbocycles. The SMILES string of the molecule is COc1cc([N+](=O)[O-])ccc1S(=O)[O-].[Na+]. The molecule has 0 aliphatic rings. The maximum absolute atomic E-state index is 10.6. The largest absolute Gasteiger partial charge is 1.00 e. The van der Waals surface area contributed by atoms with Gasteiger partial charge in [-0.3, -0.25) is 14.3 Å². The van der Waals surface area contributed by atoms with E-state index in [1.54, 1.807) is 0 Å². The van der Waals surface area contributed by atoms with Crippen molar-refractivity contribution in [3.8, 4) is 5.75 Å². The quantitative estimate of drug-likeness (QED) is 0.259. The summed E-state index contributed by atoms with van der Waals surface area (Å²) in [4.78, 5) is 9.62. The minimum Gasteiger partial charge on any atom is -0.768 e. The molecule has 1 atom stereocenters. The molecule has 1 aromatic rings. The van der Waals surface area contributed by atoms with Crippen molar-refractivity contribution >= 4 is 16.8 Å². The molecule has 0 N–H and O–H groups in total. The van der Waals surface area contributed by atoms with Gasteiger partial charge in [-0.1, -0.05) is 0 Å². The molecular formula is C7H6NNaO5S. The van der Waals surface area contributed by atoms with E-state index in [9.17, 15) is 18.9 Å². The first-order valence-corrected chi connectivity index (χ1v) is 4.55. The summed E-state index contributed by atoms with van der Waals surface area (Å²) in [5.74, 6) is -0.0347. The van der Waals surface area contributed by atoms with E-state index in [-0.39, 0.29) is 45.9 Å². The molecule has 0 saturated heterocycles. The Kier molecular flexibility index (Phi) is 5.99. The number of rotatable bonds is 3. The molecule has 1 rings (SSSR count). The molecule has 0 spiro atoms. The second kappa shape index (κ2) is 6.19. The van der Waals surface area contributed by atoms with E-state index < -0.39 is 16.0 Å². The summed E-state index contributed by atoms with van der Waals surface area (Å²) in [5.41, 5.74) is -0.212. The molecule has 0 radical (unpaired) electrons. The predicted molar refractivity (Wildman–Crippen MR) is 46.8 cm³/mol. The van der Waals surface area contributed by atoms with E-state index in [0.29, 0.717) is 0 Å². The molecule has 1 aromatic carbocycles. The Balaban J connectivity index is 0.00000196. The fourth-order valence-corrected chi connectivity index (χ4v) is 1.39. The second-order valence-corrected chi connectivity index (χ2v) is 3.24. The van der Waals surface area contributed by atoms with Crippen LogP contribution in [0.25, 0.3) is 0 Å². The molecule has 0 fully saturated rings. The monoisotopic (exact) mass is 239 g/mol. The molecule has 6 nitrogen and oxygen atoms in total. The number of nitrogens with zero attached hydrogens (tertiary/aromatic N) is 1. The van der Waals surface area contributed by atoms with E-state index >= 15 is 0 Å². The Bertz CT molecular complexity index is 397. The van der Waals surface area contributed by atoms with E-state index in [1.807, 2.05) is 0 Å². The van der Waals surface area contributed by atoms with Crippen molar-refractivity contribution in [2.24, 2.45) is 0 Å². The van der Waals surface area contributed by atoms with Gasteiger partial charge in [0.2, 0.25) is 0 Å². The van der Waals surface area contributed by atoms with E-state index in [4.69, 9.17) is 4.74 Å². The van der Waals surface area contributed by atoms with Crippen LogP contribution in [-0.2, 0) is 11.1 Å². The van der Waals surface area contributed by atoms with Crippen LogP contribution >= 0.6 is 0 Å². The van der Waals surface area contributed by atoms with E-state index in [2.05, 4.69) is 0 Å². The Morgan fingerprint density at radius 1 is 1.47 bits per heavy atom. The van der Waals surface area contributed by atoms with Crippen LogP contribution in [-0.4, -0.2) is 20.8 Å². The molecular weight excluding hydrogens is 233 g/mol. The number of benzene rings is 1. The van der Waals surface area contributed by atoms with Gasteiger partial charge in [0.25, 0.3) is 5.69 Å². The third-order valence-electron chi connectivity index (χ3n) is 1.54. The fourth-order valence-electron chi connectivity index (χ4n) is 0.908.